The molecule has 2 fully saturated rings. The summed E-state index contributed by atoms with van der Waals surface area (Å²) in [7, 11) is 0. The standard InChI is InChI=1S/C12H21NO3/c1-12(11(14)15,13-9-6-7-9)8-16-10-4-2-3-5-10/h9-10,13H,2-8H2,1H3,(H,14,15). The van der Waals surface area contributed by atoms with E-state index in [2.05, 4.69) is 5.32 Å². The van der Waals surface area contributed by atoms with Gasteiger partial charge >= 0.3 is 5.97 Å². The molecule has 0 aromatic rings. The van der Waals surface area contributed by atoms with E-state index in [1.165, 1.54) is 12.8 Å². The Balaban J connectivity index is 1.82. The van der Waals surface area contributed by atoms with Crippen molar-refractivity contribution in [3.63, 3.8) is 0 Å². The second kappa shape index (κ2) is 4.72. The second-order valence-corrected chi connectivity index (χ2v) is 5.27. The maximum absolute atomic E-state index is 11.2. The van der Waals surface area contributed by atoms with Crippen LogP contribution in [-0.4, -0.2) is 35.4 Å². The first-order valence-corrected chi connectivity index (χ1v) is 6.23. The molecule has 1 atom stereocenters. The number of carbonyl (C=O) groups is 1. The molecule has 4 heteroatoms. The predicted octanol–water partition coefficient (Wildman–Crippen LogP) is 1.54. The van der Waals surface area contributed by atoms with Crippen LogP contribution in [0.3, 0.4) is 0 Å². The van der Waals surface area contributed by atoms with E-state index in [1.807, 2.05) is 0 Å². The molecule has 4 nitrogen and oxygen atoms in total. The largest absolute Gasteiger partial charge is 0.480 e. The minimum Gasteiger partial charge on any atom is -0.480 e. The van der Waals surface area contributed by atoms with Gasteiger partial charge in [-0.25, -0.2) is 0 Å². The molecule has 0 aromatic carbocycles. The fourth-order valence-corrected chi connectivity index (χ4v) is 2.18. The summed E-state index contributed by atoms with van der Waals surface area (Å²) in [5, 5.41) is 12.4. The number of rotatable bonds is 6. The van der Waals surface area contributed by atoms with Crippen LogP contribution in [0.2, 0.25) is 0 Å². The van der Waals surface area contributed by atoms with Gasteiger partial charge in [-0.3, -0.25) is 10.1 Å². The second-order valence-electron chi connectivity index (χ2n) is 5.27. The highest BCUT2D eigenvalue weighted by atomic mass is 16.5. The number of hydrogen-bond donors (Lipinski definition) is 2. The Kier molecular flexibility index (Phi) is 3.50. The van der Waals surface area contributed by atoms with Gasteiger partial charge in [-0.1, -0.05) is 12.8 Å². The van der Waals surface area contributed by atoms with Crippen LogP contribution in [0, 0.1) is 0 Å². The van der Waals surface area contributed by atoms with E-state index < -0.39 is 11.5 Å². The van der Waals surface area contributed by atoms with Crippen molar-refractivity contribution in [2.24, 2.45) is 0 Å². The molecule has 2 aliphatic rings. The van der Waals surface area contributed by atoms with Crippen LogP contribution in [0.5, 0.6) is 0 Å². The van der Waals surface area contributed by atoms with Gasteiger partial charge in [0.05, 0.1) is 12.7 Å². The molecule has 0 aliphatic heterocycles. The Labute approximate surface area is 96.4 Å². The smallest absolute Gasteiger partial charge is 0.326 e. The van der Waals surface area contributed by atoms with E-state index >= 15 is 0 Å². The summed E-state index contributed by atoms with van der Waals surface area (Å²) in [5.74, 6) is -0.808. The first kappa shape index (κ1) is 11.9. The van der Waals surface area contributed by atoms with Crippen LogP contribution in [0.15, 0.2) is 0 Å². The zero-order valence-electron chi connectivity index (χ0n) is 9.87. The summed E-state index contributed by atoms with van der Waals surface area (Å²) < 4.78 is 5.71. The molecule has 2 saturated carbocycles. The van der Waals surface area contributed by atoms with E-state index in [0.29, 0.717) is 6.04 Å². The molecule has 0 aromatic heterocycles. The summed E-state index contributed by atoms with van der Waals surface area (Å²) in [5.41, 5.74) is -0.913. The molecule has 0 saturated heterocycles. The molecule has 2 N–H and O–H groups in total. The van der Waals surface area contributed by atoms with Crippen molar-refractivity contribution in [2.45, 2.75) is 63.1 Å². The fraction of sp³-hybridized carbons (Fsp3) is 0.917. The third-order valence-electron chi connectivity index (χ3n) is 3.48. The molecule has 0 spiro atoms. The lowest BCUT2D eigenvalue weighted by Gasteiger charge is -2.27. The number of ether oxygens (including phenoxy) is 1. The highest BCUT2D eigenvalue weighted by Crippen LogP contribution is 2.25. The lowest BCUT2D eigenvalue weighted by Crippen LogP contribution is -2.54. The molecule has 0 radical (unpaired) electrons. The zero-order valence-corrected chi connectivity index (χ0v) is 9.87. The number of carboxylic acid groups (broad SMARTS) is 1. The minimum atomic E-state index is -0.913. The number of nitrogens with one attached hydrogen (secondary N) is 1. The molecule has 2 aliphatic carbocycles. The zero-order chi connectivity index (χ0) is 11.6. The predicted molar refractivity (Wildman–Crippen MR) is 60.4 cm³/mol. The molecule has 92 valence electrons. The lowest BCUT2D eigenvalue weighted by molar-refractivity contribution is -0.148. The topological polar surface area (TPSA) is 58.6 Å². The van der Waals surface area contributed by atoms with E-state index in [-0.39, 0.29) is 12.7 Å². The molecule has 0 heterocycles. The minimum absolute atomic E-state index is 0.277. The molecule has 1 unspecified atom stereocenters. The first-order chi connectivity index (χ1) is 7.60. The van der Waals surface area contributed by atoms with Gasteiger partial charge in [-0.2, -0.15) is 0 Å². The normalized spacial score (nSPS) is 25.6. The van der Waals surface area contributed by atoms with E-state index in [9.17, 15) is 9.90 Å². The van der Waals surface area contributed by atoms with Crippen molar-refractivity contribution >= 4 is 5.97 Å². The Morgan fingerprint density at radius 3 is 2.50 bits per heavy atom. The number of aliphatic carboxylic acids is 1. The van der Waals surface area contributed by atoms with Crippen molar-refractivity contribution in [3.05, 3.63) is 0 Å². The Morgan fingerprint density at radius 2 is 2.00 bits per heavy atom. The molecular weight excluding hydrogens is 206 g/mol. The van der Waals surface area contributed by atoms with Gasteiger partial charge in [0.1, 0.15) is 5.54 Å². The van der Waals surface area contributed by atoms with Gasteiger partial charge in [0.2, 0.25) is 0 Å². The van der Waals surface area contributed by atoms with Crippen LogP contribution < -0.4 is 5.32 Å². The SMILES string of the molecule is CC(COC1CCCC1)(NC1CC1)C(=O)O. The highest BCUT2D eigenvalue weighted by Gasteiger charge is 2.39. The molecular formula is C12H21NO3. The average molecular weight is 227 g/mol. The van der Waals surface area contributed by atoms with Crippen LogP contribution >= 0.6 is 0 Å². The lowest BCUT2D eigenvalue weighted by atomic mass is 10.0. The van der Waals surface area contributed by atoms with Crippen LogP contribution in [-0.2, 0) is 9.53 Å². The number of hydrogen-bond acceptors (Lipinski definition) is 3. The molecule has 0 bridgehead atoms. The highest BCUT2D eigenvalue weighted by molar-refractivity contribution is 5.78. The number of carboxylic acids is 1. The Hall–Kier alpha value is -0.610. The van der Waals surface area contributed by atoms with Crippen LogP contribution in [0.4, 0.5) is 0 Å². The van der Waals surface area contributed by atoms with Gasteiger partial charge in [0.15, 0.2) is 0 Å². The maximum atomic E-state index is 11.2. The van der Waals surface area contributed by atoms with Gasteiger partial charge in [0, 0.05) is 6.04 Å². The van der Waals surface area contributed by atoms with E-state index in [0.717, 1.165) is 25.7 Å². The Morgan fingerprint density at radius 1 is 1.38 bits per heavy atom. The third-order valence-corrected chi connectivity index (χ3v) is 3.48. The van der Waals surface area contributed by atoms with Crippen molar-refractivity contribution < 1.29 is 14.6 Å². The van der Waals surface area contributed by atoms with Crippen molar-refractivity contribution in [2.75, 3.05) is 6.61 Å². The average Bonchev–Trinajstić information content (AvgIpc) is 2.89. The third kappa shape index (κ3) is 2.95. The fourth-order valence-electron chi connectivity index (χ4n) is 2.18. The van der Waals surface area contributed by atoms with Crippen molar-refractivity contribution in [3.8, 4) is 0 Å². The van der Waals surface area contributed by atoms with Crippen LogP contribution in [0.1, 0.15) is 45.4 Å². The first-order valence-electron chi connectivity index (χ1n) is 6.23. The summed E-state index contributed by atoms with van der Waals surface area (Å²) >= 11 is 0. The summed E-state index contributed by atoms with van der Waals surface area (Å²) in [6, 6.07) is 0.383. The van der Waals surface area contributed by atoms with E-state index in [1.54, 1.807) is 6.92 Å². The van der Waals surface area contributed by atoms with E-state index in [4.69, 9.17) is 4.74 Å². The van der Waals surface area contributed by atoms with Gasteiger partial charge in [-0.15, -0.1) is 0 Å². The summed E-state index contributed by atoms with van der Waals surface area (Å²) in [4.78, 5) is 11.2. The summed E-state index contributed by atoms with van der Waals surface area (Å²) in [6.07, 6.45) is 7.05. The van der Waals surface area contributed by atoms with Gasteiger partial charge in [-0.05, 0) is 32.6 Å². The van der Waals surface area contributed by atoms with Crippen molar-refractivity contribution in [1.29, 1.82) is 0 Å². The maximum Gasteiger partial charge on any atom is 0.326 e. The molecule has 2 rings (SSSR count). The quantitative estimate of drug-likeness (QED) is 0.722. The van der Waals surface area contributed by atoms with Gasteiger partial charge < -0.3 is 9.84 Å². The van der Waals surface area contributed by atoms with Gasteiger partial charge in [0.25, 0.3) is 0 Å². The Bertz CT molecular complexity index is 259. The monoisotopic (exact) mass is 227 g/mol. The van der Waals surface area contributed by atoms with Crippen molar-refractivity contribution in [1.82, 2.24) is 5.32 Å². The molecule has 0 amide bonds. The molecule has 16 heavy (non-hydrogen) atoms. The van der Waals surface area contributed by atoms with Crippen LogP contribution in [0.25, 0.3) is 0 Å². The summed E-state index contributed by atoms with van der Waals surface area (Å²) in [6.45, 7) is 2.01.